The van der Waals surface area contributed by atoms with Crippen molar-refractivity contribution in [3.63, 3.8) is 0 Å². The molecule has 0 atom stereocenters. The standard InChI is InChI=1S/C9H5N3O4S2/c13-8-7(10-14)18-9(17)11(8)5-2-1-3-6(4-5)12(15)16/h1-4,13H. The number of aromatic nitrogens is 1. The number of nitroso groups, excluding NO2 is 1. The summed E-state index contributed by atoms with van der Waals surface area (Å²) in [4.78, 5) is 20.5. The highest BCUT2D eigenvalue weighted by Crippen LogP contribution is 2.36. The van der Waals surface area contributed by atoms with E-state index in [2.05, 4.69) is 5.18 Å². The summed E-state index contributed by atoms with van der Waals surface area (Å²) in [6, 6.07) is 5.55. The molecule has 0 radical (unpaired) electrons. The zero-order valence-corrected chi connectivity index (χ0v) is 10.3. The zero-order valence-electron chi connectivity index (χ0n) is 8.64. The predicted octanol–water partition coefficient (Wildman–Crippen LogP) is 3.28. The summed E-state index contributed by atoms with van der Waals surface area (Å²) in [6.45, 7) is 0. The first-order valence-corrected chi connectivity index (χ1v) is 5.80. The fraction of sp³-hybridized carbons (Fsp3) is 0. The van der Waals surface area contributed by atoms with Gasteiger partial charge in [0.15, 0.2) is 3.95 Å². The molecule has 2 rings (SSSR count). The molecule has 9 heteroatoms. The Hall–Kier alpha value is -2.13. The third kappa shape index (κ3) is 2.00. The van der Waals surface area contributed by atoms with E-state index in [4.69, 9.17) is 12.2 Å². The Bertz CT molecular complexity index is 691. The van der Waals surface area contributed by atoms with Gasteiger partial charge in [-0.05, 0) is 23.5 Å². The van der Waals surface area contributed by atoms with Crippen LogP contribution >= 0.6 is 23.6 Å². The van der Waals surface area contributed by atoms with Gasteiger partial charge in [0.2, 0.25) is 10.9 Å². The number of aromatic hydroxyl groups is 1. The maximum atomic E-state index is 10.7. The van der Waals surface area contributed by atoms with E-state index in [1.807, 2.05) is 0 Å². The van der Waals surface area contributed by atoms with Gasteiger partial charge in [0.1, 0.15) is 0 Å². The highest BCUT2D eigenvalue weighted by atomic mass is 32.1. The summed E-state index contributed by atoms with van der Waals surface area (Å²) in [7, 11) is 0. The first-order valence-electron chi connectivity index (χ1n) is 4.57. The summed E-state index contributed by atoms with van der Waals surface area (Å²) in [5.74, 6) is -0.416. The smallest absolute Gasteiger partial charge is 0.271 e. The van der Waals surface area contributed by atoms with Crippen LogP contribution in [0.1, 0.15) is 0 Å². The van der Waals surface area contributed by atoms with Crippen molar-refractivity contribution in [2.75, 3.05) is 0 Å². The van der Waals surface area contributed by atoms with Crippen molar-refractivity contribution in [2.24, 2.45) is 5.18 Å². The molecule has 1 N–H and O–H groups in total. The molecule has 18 heavy (non-hydrogen) atoms. The van der Waals surface area contributed by atoms with Gasteiger partial charge in [0, 0.05) is 12.1 Å². The van der Waals surface area contributed by atoms with E-state index in [9.17, 15) is 20.1 Å². The largest absolute Gasteiger partial charge is 0.492 e. The molecule has 0 bridgehead atoms. The number of rotatable bonds is 3. The van der Waals surface area contributed by atoms with E-state index in [1.165, 1.54) is 24.3 Å². The lowest BCUT2D eigenvalue weighted by molar-refractivity contribution is -0.384. The second-order valence-electron chi connectivity index (χ2n) is 3.20. The number of hydrogen-bond acceptors (Lipinski definition) is 7. The van der Waals surface area contributed by atoms with E-state index in [1.54, 1.807) is 0 Å². The highest BCUT2D eigenvalue weighted by molar-refractivity contribution is 7.73. The molecule has 1 heterocycles. The quantitative estimate of drug-likeness (QED) is 0.403. The molecule has 92 valence electrons. The van der Waals surface area contributed by atoms with Gasteiger partial charge in [-0.1, -0.05) is 17.4 Å². The Morgan fingerprint density at radius 1 is 1.50 bits per heavy atom. The Morgan fingerprint density at radius 3 is 2.78 bits per heavy atom. The number of hydrogen-bond donors (Lipinski definition) is 1. The Morgan fingerprint density at radius 2 is 2.22 bits per heavy atom. The van der Waals surface area contributed by atoms with Crippen LogP contribution in [-0.4, -0.2) is 14.6 Å². The summed E-state index contributed by atoms with van der Waals surface area (Å²) in [5.41, 5.74) is 0.165. The monoisotopic (exact) mass is 283 g/mol. The number of nitro groups is 1. The molecule has 1 aromatic heterocycles. The van der Waals surface area contributed by atoms with Crippen molar-refractivity contribution in [3.8, 4) is 11.6 Å². The highest BCUT2D eigenvalue weighted by Gasteiger charge is 2.15. The number of non-ortho nitro benzene ring substituents is 1. The summed E-state index contributed by atoms with van der Waals surface area (Å²) >= 11 is 5.80. The summed E-state index contributed by atoms with van der Waals surface area (Å²) < 4.78 is 1.34. The van der Waals surface area contributed by atoms with Crippen LogP contribution in [0.2, 0.25) is 0 Å². The Balaban J connectivity index is 2.66. The number of nitrogens with zero attached hydrogens (tertiary/aromatic N) is 3. The van der Waals surface area contributed by atoms with Gasteiger partial charge in [-0.15, -0.1) is 4.91 Å². The van der Waals surface area contributed by atoms with Gasteiger partial charge < -0.3 is 5.11 Å². The molecule has 0 aliphatic carbocycles. The Labute approximate surface area is 109 Å². The van der Waals surface area contributed by atoms with Gasteiger partial charge in [0.25, 0.3) is 5.69 Å². The molecule has 0 unspecified atom stereocenters. The van der Waals surface area contributed by atoms with E-state index < -0.39 is 10.8 Å². The minimum Gasteiger partial charge on any atom is -0.492 e. The molecule has 0 fully saturated rings. The first-order chi connectivity index (χ1) is 8.54. The number of benzene rings is 1. The lowest BCUT2D eigenvalue weighted by atomic mass is 10.3. The van der Waals surface area contributed by atoms with Crippen molar-refractivity contribution in [1.29, 1.82) is 0 Å². The number of thiazole rings is 1. The van der Waals surface area contributed by atoms with E-state index in [0.29, 0.717) is 5.69 Å². The van der Waals surface area contributed by atoms with Crippen LogP contribution in [0.15, 0.2) is 29.4 Å². The van der Waals surface area contributed by atoms with E-state index >= 15 is 0 Å². The van der Waals surface area contributed by atoms with Gasteiger partial charge in [0.05, 0.1) is 10.6 Å². The molecular formula is C9H5N3O4S2. The van der Waals surface area contributed by atoms with Gasteiger partial charge in [-0.25, -0.2) is 0 Å². The van der Waals surface area contributed by atoms with Gasteiger partial charge in [-0.3, -0.25) is 14.7 Å². The van der Waals surface area contributed by atoms with Crippen LogP contribution in [0.5, 0.6) is 5.88 Å². The van der Waals surface area contributed by atoms with Crippen LogP contribution in [-0.2, 0) is 0 Å². The predicted molar refractivity (Wildman–Crippen MR) is 68.3 cm³/mol. The van der Waals surface area contributed by atoms with Crippen LogP contribution in [0, 0.1) is 19.0 Å². The molecule has 7 nitrogen and oxygen atoms in total. The van der Waals surface area contributed by atoms with Crippen LogP contribution < -0.4 is 0 Å². The summed E-state index contributed by atoms with van der Waals surface area (Å²) in [6.07, 6.45) is 0. The second kappa shape index (κ2) is 4.63. The van der Waals surface area contributed by atoms with Crippen LogP contribution in [0.4, 0.5) is 10.7 Å². The third-order valence-electron chi connectivity index (χ3n) is 2.15. The molecule has 1 aromatic carbocycles. The van der Waals surface area contributed by atoms with Crippen LogP contribution in [0.25, 0.3) is 5.69 Å². The lowest BCUT2D eigenvalue weighted by Crippen LogP contribution is -1.95. The van der Waals surface area contributed by atoms with Gasteiger partial charge >= 0.3 is 0 Å². The van der Waals surface area contributed by atoms with Crippen LogP contribution in [0.3, 0.4) is 0 Å². The molecule has 0 aliphatic rings. The number of nitro benzene ring substituents is 1. The molecule has 0 saturated heterocycles. The fourth-order valence-corrected chi connectivity index (χ4v) is 2.49. The summed E-state index contributed by atoms with van der Waals surface area (Å²) in [5, 5.41) is 22.9. The average Bonchev–Trinajstić information content (AvgIpc) is 2.64. The molecular weight excluding hydrogens is 278 g/mol. The second-order valence-corrected chi connectivity index (χ2v) is 4.82. The first kappa shape index (κ1) is 12.3. The fourth-order valence-electron chi connectivity index (χ4n) is 1.39. The normalized spacial score (nSPS) is 10.2. The molecule has 0 aliphatic heterocycles. The van der Waals surface area contributed by atoms with Crippen molar-refractivity contribution in [1.82, 2.24) is 4.57 Å². The SMILES string of the molecule is O=Nc1sc(=S)n(-c2cccc([N+](=O)[O-])c2)c1O. The Kier molecular flexibility index (Phi) is 3.17. The van der Waals surface area contributed by atoms with Gasteiger partial charge in [-0.2, -0.15) is 0 Å². The molecule has 0 saturated carbocycles. The van der Waals surface area contributed by atoms with E-state index in [0.717, 1.165) is 15.9 Å². The van der Waals surface area contributed by atoms with Crippen molar-refractivity contribution in [2.45, 2.75) is 0 Å². The molecule has 0 amide bonds. The maximum Gasteiger partial charge on any atom is 0.271 e. The lowest BCUT2D eigenvalue weighted by Gasteiger charge is -2.03. The maximum absolute atomic E-state index is 10.7. The van der Waals surface area contributed by atoms with Crippen molar-refractivity contribution >= 4 is 34.2 Å². The average molecular weight is 283 g/mol. The minimum absolute atomic E-state index is 0.138. The van der Waals surface area contributed by atoms with Crippen molar-refractivity contribution < 1.29 is 10.0 Å². The molecule has 2 aromatic rings. The topological polar surface area (TPSA) is 97.7 Å². The third-order valence-corrected chi connectivity index (χ3v) is 3.39. The zero-order chi connectivity index (χ0) is 13.3. The van der Waals surface area contributed by atoms with Crippen molar-refractivity contribution in [3.05, 3.63) is 43.2 Å². The molecule has 0 spiro atoms. The minimum atomic E-state index is -0.560. The van der Waals surface area contributed by atoms with E-state index in [-0.39, 0.29) is 14.6 Å².